The highest BCUT2D eigenvalue weighted by Crippen LogP contribution is 2.24. The van der Waals surface area contributed by atoms with Crippen molar-refractivity contribution in [2.24, 2.45) is 0 Å². The molecular formula is C21H17N3O4. The zero-order valence-electron chi connectivity index (χ0n) is 14.9. The van der Waals surface area contributed by atoms with Crippen LogP contribution in [0.15, 0.2) is 65.5 Å². The predicted molar refractivity (Wildman–Crippen MR) is 102 cm³/mol. The molecule has 0 unspecified atom stereocenters. The monoisotopic (exact) mass is 375 g/mol. The molecule has 7 heteroatoms. The average Bonchev–Trinajstić information content (AvgIpc) is 3.32. The number of imide groups is 1. The first-order valence-corrected chi connectivity index (χ1v) is 8.87. The number of anilines is 1. The van der Waals surface area contributed by atoms with Gasteiger partial charge < -0.3 is 9.73 Å². The van der Waals surface area contributed by atoms with Crippen LogP contribution in [-0.2, 0) is 4.79 Å². The topological polar surface area (TPSA) is 92.5 Å². The molecule has 3 aromatic rings. The molecule has 1 N–H and O–H groups in total. The Kier molecular flexibility index (Phi) is 4.72. The lowest BCUT2D eigenvalue weighted by Crippen LogP contribution is -2.31. The highest BCUT2D eigenvalue weighted by Gasteiger charge is 2.34. The zero-order valence-corrected chi connectivity index (χ0v) is 14.9. The van der Waals surface area contributed by atoms with Crippen molar-refractivity contribution in [3.63, 3.8) is 0 Å². The summed E-state index contributed by atoms with van der Waals surface area (Å²) in [5.74, 6) is -0.186. The van der Waals surface area contributed by atoms with Crippen LogP contribution in [0.5, 0.6) is 0 Å². The number of nitrogens with one attached hydrogen (secondary N) is 1. The summed E-state index contributed by atoms with van der Waals surface area (Å²) >= 11 is 0. The number of hydrogen-bond donors (Lipinski definition) is 1. The van der Waals surface area contributed by atoms with Gasteiger partial charge in [0.15, 0.2) is 12.2 Å². The minimum absolute atomic E-state index is 0.189. The quantitative estimate of drug-likeness (QED) is 0.667. The van der Waals surface area contributed by atoms with E-state index in [1.807, 2.05) is 12.1 Å². The van der Waals surface area contributed by atoms with E-state index in [-0.39, 0.29) is 30.7 Å². The SMILES string of the molecule is O=C(CCCN1C(=O)c2ccccc2C1=O)Nc1cccc(-c2cnco2)c1. The Labute approximate surface area is 161 Å². The van der Waals surface area contributed by atoms with Crippen molar-refractivity contribution in [3.05, 3.63) is 72.2 Å². The third-order valence-corrected chi connectivity index (χ3v) is 4.53. The van der Waals surface area contributed by atoms with E-state index in [1.54, 1.807) is 42.6 Å². The van der Waals surface area contributed by atoms with Gasteiger partial charge in [-0.25, -0.2) is 4.98 Å². The van der Waals surface area contributed by atoms with Gasteiger partial charge in [-0.1, -0.05) is 24.3 Å². The van der Waals surface area contributed by atoms with Crippen molar-refractivity contribution < 1.29 is 18.8 Å². The minimum atomic E-state index is -0.305. The number of nitrogens with zero attached hydrogens (tertiary/aromatic N) is 2. The molecule has 0 saturated heterocycles. The number of carbonyl (C=O) groups is 3. The van der Waals surface area contributed by atoms with Crippen LogP contribution in [0, 0.1) is 0 Å². The van der Waals surface area contributed by atoms with Gasteiger partial charge in [0.05, 0.1) is 17.3 Å². The number of rotatable bonds is 6. The first-order chi connectivity index (χ1) is 13.6. The second-order valence-electron chi connectivity index (χ2n) is 6.41. The largest absolute Gasteiger partial charge is 0.444 e. The molecule has 1 aliphatic heterocycles. The average molecular weight is 375 g/mol. The van der Waals surface area contributed by atoms with Gasteiger partial charge in [-0.3, -0.25) is 19.3 Å². The molecule has 0 atom stereocenters. The normalized spacial score (nSPS) is 12.9. The Hall–Kier alpha value is -3.74. The van der Waals surface area contributed by atoms with Crippen molar-refractivity contribution in [2.75, 3.05) is 11.9 Å². The van der Waals surface area contributed by atoms with E-state index >= 15 is 0 Å². The van der Waals surface area contributed by atoms with E-state index in [4.69, 9.17) is 4.42 Å². The Bertz CT molecular complexity index is 1010. The van der Waals surface area contributed by atoms with E-state index in [0.29, 0.717) is 29.0 Å². The Balaban J connectivity index is 1.32. The fourth-order valence-electron chi connectivity index (χ4n) is 3.17. The maximum Gasteiger partial charge on any atom is 0.261 e. The van der Waals surface area contributed by atoms with Crippen molar-refractivity contribution in [1.82, 2.24) is 9.88 Å². The molecule has 0 spiro atoms. The lowest BCUT2D eigenvalue weighted by molar-refractivity contribution is -0.116. The number of hydrogen-bond acceptors (Lipinski definition) is 5. The molecule has 0 fully saturated rings. The van der Waals surface area contributed by atoms with E-state index in [9.17, 15) is 14.4 Å². The molecule has 0 radical (unpaired) electrons. The zero-order chi connectivity index (χ0) is 19.5. The van der Waals surface area contributed by atoms with Crippen LogP contribution in [0.4, 0.5) is 5.69 Å². The van der Waals surface area contributed by atoms with E-state index < -0.39 is 0 Å². The highest BCUT2D eigenvalue weighted by molar-refractivity contribution is 6.21. The molecule has 3 amide bonds. The van der Waals surface area contributed by atoms with Crippen LogP contribution in [0.2, 0.25) is 0 Å². The van der Waals surface area contributed by atoms with Crippen molar-refractivity contribution in [3.8, 4) is 11.3 Å². The minimum Gasteiger partial charge on any atom is -0.444 e. The summed E-state index contributed by atoms with van der Waals surface area (Å²) in [4.78, 5) is 41.9. The van der Waals surface area contributed by atoms with Crippen LogP contribution in [0.1, 0.15) is 33.6 Å². The van der Waals surface area contributed by atoms with Gasteiger partial charge in [0.2, 0.25) is 5.91 Å². The first-order valence-electron chi connectivity index (χ1n) is 8.87. The Morgan fingerprint density at radius 3 is 2.46 bits per heavy atom. The molecule has 1 aliphatic rings. The molecular weight excluding hydrogens is 358 g/mol. The highest BCUT2D eigenvalue weighted by atomic mass is 16.3. The van der Waals surface area contributed by atoms with Crippen LogP contribution in [0.25, 0.3) is 11.3 Å². The molecule has 0 saturated carbocycles. The smallest absolute Gasteiger partial charge is 0.261 e. The lowest BCUT2D eigenvalue weighted by Gasteiger charge is -2.13. The fourth-order valence-corrected chi connectivity index (χ4v) is 3.17. The molecule has 0 bridgehead atoms. The number of fused-ring (bicyclic) bond motifs is 1. The summed E-state index contributed by atoms with van der Waals surface area (Å²) in [5.41, 5.74) is 2.28. The van der Waals surface area contributed by atoms with Gasteiger partial charge in [-0.05, 0) is 30.7 Å². The van der Waals surface area contributed by atoms with Crippen molar-refractivity contribution >= 4 is 23.4 Å². The summed E-state index contributed by atoms with van der Waals surface area (Å²) in [5, 5.41) is 2.82. The summed E-state index contributed by atoms with van der Waals surface area (Å²) in [7, 11) is 0. The van der Waals surface area contributed by atoms with Gasteiger partial charge >= 0.3 is 0 Å². The Morgan fingerprint density at radius 1 is 1.04 bits per heavy atom. The molecule has 140 valence electrons. The standard InChI is InChI=1S/C21H17N3O4/c25-19(23-15-6-3-5-14(11-15)18-12-22-13-28-18)9-4-10-24-20(26)16-7-1-2-8-17(16)21(24)27/h1-3,5-8,11-13H,4,9-10H2,(H,23,25). The molecule has 2 aromatic carbocycles. The van der Waals surface area contributed by atoms with Crippen LogP contribution in [-0.4, -0.2) is 34.2 Å². The molecule has 0 aliphatic carbocycles. The van der Waals surface area contributed by atoms with Gasteiger partial charge in [0.1, 0.15) is 0 Å². The summed E-state index contributed by atoms with van der Waals surface area (Å²) in [6.07, 6.45) is 3.53. The third kappa shape index (κ3) is 3.42. The van der Waals surface area contributed by atoms with Crippen molar-refractivity contribution in [1.29, 1.82) is 0 Å². The van der Waals surface area contributed by atoms with Crippen LogP contribution in [0.3, 0.4) is 0 Å². The number of benzene rings is 2. The molecule has 28 heavy (non-hydrogen) atoms. The predicted octanol–water partition coefficient (Wildman–Crippen LogP) is 3.36. The number of oxazole rings is 1. The maximum atomic E-state index is 12.3. The molecule has 7 nitrogen and oxygen atoms in total. The molecule has 1 aromatic heterocycles. The van der Waals surface area contributed by atoms with E-state index in [2.05, 4.69) is 10.3 Å². The maximum absolute atomic E-state index is 12.3. The van der Waals surface area contributed by atoms with Crippen molar-refractivity contribution in [2.45, 2.75) is 12.8 Å². The second-order valence-corrected chi connectivity index (χ2v) is 6.41. The van der Waals surface area contributed by atoms with Crippen LogP contribution >= 0.6 is 0 Å². The van der Waals surface area contributed by atoms with E-state index in [1.165, 1.54) is 11.3 Å². The number of carbonyl (C=O) groups excluding carboxylic acids is 3. The second kappa shape index (κ2) is 7.48. The molecule has 4 rings (SSSR count). The number of aromatic nitrogens is 1. The lowest BCUT2D eigenvalue weighted by atomic mass is 10.1. The van der Waals surface area contributed by atoms with Gasteiger partial charge in [-0.15, -0.1) is 0 Å². The first kappa shape index (κ1) is 17.7. The summed E-state index contributed by atoms with van der Waals surface area (Å²) in [6.45, 7) is 0.206. The van der Waals surface area contributed by atoms with Gasteiger partial charge in [0.25, 0.3) is 11.8 Å². The van der Waals surface area contributed by atoms with E-state index in [0.717, 1.165) is 5.56 Å². The van der Waals surface area contributed by atoms with Crippen LogP contribution < -0.4 is 5.32 Å². The third-order valence-electron chi connectivity index (χ3n) is 4.53. The molecule has 2 heterocycles. The van der Waals surface area contributed by atoms with Gasteiger partial charge in [-0.2, -0.15) is 0 Å². The Morgan fingerprint density at radius 2 is 1.79 bits per heavy atom. The van der Waals surface area contributed by atoms with Gasteiger partial charge in [0, 0.05) is 24.2 Å². The summed E-state index contributed by atoms with van der Waals surface area (Å²) in [6, 6.07) is 14.0. The fraction of sp³-hybridized carbons (Fsp3) is 0.143. The summed E-state index contributed by atoms with van der Waals surface area (Å²) < 4.78 is 5.25. The number of amides is 3.